The van der Waals surface area contributed by atoms with Crippen molar-refractivity contribution in [3.05, 3.63) is 30.9 Å². The van der Waals surface area contributed by atoms with E-state index in [0.717, 1.165) is 0 Å². The second-order valence-electron chi connectivity index (χ2n) is 3.92. The number of hydrogen-bond donors (Lipinski definition) is 1. The molecule has 0 aliphatic heterocycles. The second kappa shape index (κ2) is 4.88. The van der Waals surface area contributed by atoms with Gasteiger partial charge < -0.3 is 10.3 Å². The maximum atomic E-state index is 12.6. The summed E-state index contributed by atoms with van der Waals surface area (Å²) in [6.45, 7) is 2.04. The summed E-state index contributed by atoms with van der Waals surface area (Å²) in [5.41, 5.74) is 6.19. The molecule has 102 valence electrons. The number of anilines is 2. The topological polar surface area (TPSA) is 94.1 Å². The van der Waals surface area contributed by atoms with Gasteiger partial charge >= 0.3 is 0 Å². The molecule has 19 heavy (non-hydrogen) atoms. The first kappa shape index (κ1) is 13.3. The standard InChI is InChI=1S/C11H15N5O2S/c1-3-16(9-4-6-13-7-5-9)19(17,18)11-10(12)14-8-15(11)2/h4-8H,3,12H2,1-2H3. The van der Waals surface area contributed by atoms with E-state index in [2.05, 4.69) is 9.97 Å². The highest BCUT2D eigenvalue weighted by molar-refractivity contribution is 7.92. The van der Waals surface area contributed by atoms with Gasteiger partial charge in [-0.1, -0.05) is 0 Å². The first-order valence-electron chi connectivity index (χ1n) is 5.68. The molecule has 0 aliphatic carbocycles. The van der Waals surface area contributed by atoms with Gasteiger partial charge in [-0.25, -0.2) is 4.98 Å². The zero-order chi connectivity index (χ0) is 14.0. The van der Waals surface area contributed by atoms with E-state index in [-0.39, 0.29) is 17.4 Å². The maximum absolute atomic E-state index is 12.6. The normalized spacial score (nSPS) is 11.5. The average Bonchev–Trinajstić information content (AvgIpc) is 2.71. The van der Waals surface area contributed by atoms with Crippen molar-refractivity contribution in [1.82, 2.24) is 14.5 Å². The summed E-state index contributed by atoms with van der Waals surface area (Å²) < 4.78 is 27.9. The van der Waals surface area contributed by atoms with Crippen molar-refractivity contribution in [1.29, 1.82) is 0 Å². The fraction of sp³-hybridized carbons (Fsp3) is 0.273. The van der Waals surface area contributed by atoms with Gasteiger partial charge in [0, 0.05) is 26.0 Å². The summed E-state index contributed by atoms with van der Waals surface area (Å²) >= 11 is 0. The Balaban J connectivity index is 2.55. The molecule has 2 aromatic heterocycles. The first-order valence-corrected chi connectivity index (χ1v) is 7.12. The number of nitrogens with zero attached hydrogens (tertiary/aromatic N) is 4. The minimum Gasteiger partial charge on any atom is -0.381 e. The zero-order valence-corrected chi connectivity index (χ0v) is 11.5. The number of hydrogen-bond acceptors (Lipinski definition) is 5. The van der Waals surface area contributed by atoms with E-state index in [1.165, 1.54) is 15.2 Å². The Labute approximate surface area is 111 Å². The van der Waals surface area contributed by atoms with Crippen molar-refractivity contribution >= 4 is 21.5 Å². The molecule has 0 spiro atoms. The minimum absolute atomic E-state index is 0.00462. The summed E-state index contributed by atoms with van der Waals surface area (Å²) in [7, 11) is -2.15. The molecule has 0 saturated carbocycles. The summed E-state index contributed by atoms with van der Waals surface area (Å²) in [5.74, 6) is -0.00462. The predicted octanol–water partition coefficient (Wildman–Crippen LogP) is 0.612. The molecular weight excluding hydrogens is 266 g/mol. The summed E-state index contributed by atoms with van der Waals surface area (Å²) in [6, 6.07) is 3.27. The molecule has 0 amide bonds. The van der Waals surface area contributed by atoms with Crippen LogP contribution in [0.3, 0.4) is 0 Å². The van der Waals surface area contributed by atoms with E-state index >= 15 is 0 Å². The fourth-order valence-electron chi connectivity index (χ4n) is 1.86. The van der Waals surface area contributed by atoms with Gasteiger partial charge in [-0.15, -0.1) is 0 Å². The highest BCUT2D eigenvalue weighted by Gasteiger charge is 2.29. The van der Waals surface area contributed by atoms with Crippen LogP contribution in [0.1, 0.15) is 6.92 Å². The highest BCUT2D eigenvalue weighted by atomic mass is 32.2. The number of aryl methyl sites for hydroxylation is 1. The van der Waals surface area contributed by atoms with Crippen molar-refractivity contribution < 1.29 is 8.42 Å². The van der Waals surface area contributed by atoms with E-state index in [9.17, 15) is 8.42 Å². The van der Waals surface area contributed by atoms with Gasteiger partial charge in [0.15, 0.2) is 10.8 Å². The van der Waals surface area contributed by atoms with Crippen LogP contribution in [0.4, 0.5) is 11.5 Å². The van der Waals surface area contributed by atoms with Crippen molar-refractivity contribution in [2.45, 2.75) is 11.9 Å². The van der Waals surface area contributed by atoms with E-state index in [1.807, 2.05) is 0 Å². The molecule has 0 atom stereocenters. The Morgan fingerprint density at radius 3 is 2.47 bits per heavy atom. The molecule has 2 heterocycles. The third-order valence-electron chi connectivity index (χ3n) is 2.68. The summed E-state index contributed by atoms with van der Waals surface area (Å²) in [4.78, 5) is 7.69. The van der Waals surface area contributed by atoms with Crippen molar-refractivity contribution in [2.75, 3.05) is 16.6 Å². The number of rotatable bonds is 4. The smallest absolute Gasteiger partial charge is 0.283 e. The largest absolute Gasteiger partial charge is 0.381 e. The Morgan fingerprint density at radius 1 is 1.37 bits per heavy atom. The van der Waals surface area contributed by atoms with Gasteiger partial charge in [0.1, 0.15) is 0 Å². The maximum Gasteiger partial charge on any atom is 0.283 e. The van der Waals surface area contributed by atoms with Gasteiger partial charge in [0.25, 0.3) is 10.0 Å². The lowest BCUT2D eigenvalue weighted by Crippen LogP contribution is -2.32. The lowest BCUT2D eigenvalue weighted by Gasteiger charge is -2.22. The quantitative estimate of drug-likeness (QED) is 0.886. The Morgan fingerprint density at radius 2 is 2.00 bits per heavy atom. The number of sulfonamides is 1. The van der Waals surface area contributed by atoms with E-state index in [1.54, 1.807) is 38.5 Å². The molecule has 0 unspecified atom stereocenters. The van der Waals surface area contributed by atoms with Crippen LogP contribution in [0, 0.1) is 0 Å². The average molecular weight is 281 g/mol. The third kappa shape index (κ3) is 2.26. The Hall–Kier alpha value is -2.09. The number of pyridine rings is 1. The van der Waals surface area contributed by atoms with Crippen molar-refractivity contribution in [3.8, 4) is 0 Å². The van der Waals surface area contributed by atoms with Crippen LogP contribution in [0.25, 0.3) is 0 Å². The molecule has 0 saturated heterocycles. The van der Waals surface area contributed by atoms with Crippen LogP contribution in [-0.4, -0.2) is 29.5 Å². The van der Waals surface area contributed by atoms with E-state index in [0.29, 0.717) is 5.69 Å². The molecule has 8 heteroatoms. The van der Waals surface area contributed by atoms with Crippen molar-refractivity contribution in [3.63, 3.8) is 0 Å². The molecule has 0 aromatic carbocycles. The van der Waals surface area contributed by atoms with Crippen molar-refractivity contribution in [2.24, 2.45) is 7.05 Å². The molecule has 0 fully saturated rings. The van der Waals surface area contributed by atoms with Crippen LogP contribution in [-0.2, 0) is 17.1 Å². The second-order valence-corrected chi connectivity index (χ2v) is 5.70. The lowest BCUT2D eigenvalue weighted by molar-refractivity contribution is 0.582. The first-order chi connectivity index (χ1) is 8.98. The number of nitrogens with two attached hydrogens (primary N) is 1. The monoisotopic (exact) mass is 281 g/mol. The number of imidazole rings is 1. The Kier molecular flexibility index (Phi) is 3.43. The lowest BCUT2D eigenvalue weighted by atomic mass is 10.4. The van der Waals surface area contributed by atoms with E-state index < -0.39 is 10.0 Å². The van der Waals surface area contributed by atoms with Crippen LogP contribution in [0.15, 0.2) is 35.9 Å². The molecule has 2 rings (SSSR count). The SMILES string of the molecule is CCN(c1ccncc1)S(=O)(=O)c1c(N)ncn1C. The summed E-state index contributed by atoms with van der Waals surface area (Å²) in [6.07, 6.45) is 4.46. The molecule has 0 radical (unpaired) electrons. The van der Waals surface area contributed by atoms with Crippen LogP contribution >= 0.6 is 0 Å². The third-order valence-corrected chi connectivity index (χ3v) is 4.72. The molecule has 0 bridgehead atoms. The number of aromatic nitrogens is 3. The molecule has 2 aromatic rings. The fourth-order valence-corrected chi connectivity index (χ4v) is 3.53. The molecule has 2 N–H and O–H groups in total. The van der Waals surface area contributed by atoms with Gasteiger partial charge in [-0.3, -0.25) is 9.29 Å². The van der Waals surface area contributed by atoms with Crippen LogP contribution in [0.2, 0.25) is 0 Å². The molecule has 0 aliphatic rings. The predicted molar refractivity (Wildman–Crippen MR) is 72.1 cm³/mol. The highest BCUT2D eigenvalue weighted by Crippen LogP contribution is 2.25. The summed E-state index contributed by atoms with van der Waals surface area (Å²) in [5, 5.41) is -0.00818. The van der Waals surface area contributed by atoms with Gasteiger partial charge in [0.05, 0.1) is 12.0 Å². The van der Waals surface area contributed by atoms with Crippen LogP contribution < -0.4 is 10.0 Å². The van der Waals surface area contributed by atoms with Gasteiger partial charge in [-0.05, 0) is 19.1 Å². The molecular formula is C11H15N5O2S. The number of nitrogen functional groups attached to an aromatic ring is 1. The van der Waals surface area contributed by atoms with Gasteiger partial charge in [-0.2, -0.15) is 8.42 Å². The Bertz CT molecular complexity index is 646. The van der Waals surface area contributed by atoms with E-state index in [4.69, 9.17) is 5.73 Å². The zero-order valence-electron chi connectivity index (χ0n) is 10.7. The molecule has 7 nitrogen and oxygen atoms in total. The van der Waals surface area contributed by atoms with Gasteiger partial charge in [0.2, 0.25) is 0 Å². The van der Waals surface area contributed by atoms with Crippen LogP contribution in [0.5, 0.6) is 0 Å². The minimum atomic E-state index is -3.74.